The zero-order valence-electron chi connectivity index (χ0n) is 10.5. The van der Waals surface area contributed by atoms with Gasteiger partial charge in [0.25, 0.3) is 0 Å². The summed E-state index contributed by atoms with van der Waals surface area (Å²) in [6, 6.07) is 6.68. The van der Waals surface area contributed by atoms with Gasteiger partial charge >= 0.3 is 0 Å². The molecule has 3 N–H and O–H groups in total. The minimum absolute atomic E-state index is 0.0505. The van der Waals surface area contributed by atoms with Crippen LogP contribution in [-0.4, -0.2) is 28.3 Å². The molecular formula is C13H18ClNO3. The summed E-state index contributed by atoms with van der Waals surface area (Å²) < 4.78 is 0. The maximum Gasteiger partial charge on any atom is 0.223 e. The number of nitrogens with one attached hydrogen (secondary N) is 1. The summed E-state index contributed by atoms with van der Waals surface area (Å²) in [6.07, 6.45) is -0.929. The number of aliphatic hydroxyl groups excluding tert-OH is 2. The van der Waals surface area contributed by atoms with Crippen LogP contribution in [0.3, 0.4) is 0 Å². The second-order valence-corrected chi connectivity index (χ2v) is 5.30. The van der Waals surface area contributed by atoms with Gasteiger partial charge in [0.15, 0.2) is 0 Å². The van der Waals surface area contributed by atoms with Crippen LogP contribution < -0.4 is 5.32 Å². The van der Waals surface area contributed by atoms with Crippen LogP contribution in [0.4, 0.5) is 0 Å². The van der Waals surface area contributed by atoms with Crippen LogP contribution in [0.5, 0.6) is 0 Å². The van der Waals surface area contributed by atoms with Crippen molar-refractivity contribution in [2.24, 2.45) is 0 Å². The van der Waals surface area contributed by atoms with Crippen molar-refractivity contribution in [3.63, 3.8) is 0 Å². The first-order valence-corrected chi connectivity index (χ1v) is 6.07. The van der Waals surface area contributed by atoms with Crippen molar-refractivity contribution >= 4 is 17.5 Å². The van der Waals surface area contributed by atoms with Gasteiger partial charge in [0.1, 0.15) is 0 Å². The Morgan fingerprint density at radius 3 is 2.44 bits per heavy atom. The third kappa shape index (κ3) is 4.64. The Balaban J connectivity index is 2.57. The van der Waals surface area contributed by atoms with Gasteiger partial charge in [-0.1, -0.05) is 23.7 Å². The number of hydrogen-bond donors (Lipinski definition) is 3. The van der Waals surface area contributed by atoms with Gasteiger partial charge in [0.05, 0.1) is 24.7 Å². The highest BCUT2D eigenvalue weighted by atomic mass is 35.5. The lowest BCUT2D eigenvalue weighted by molar-refractivity contribution is -0.125. The first-order chi connectivity index (χ1) is 8.34. The molecule has 18 heavy (non-hydrogen) atoms. The molecule has 0 fully saturated rings. The molecule has 0 bridgehead atoms. The summed E-state index contributed by atoms with van der Waals surface area (Å²) in [5, 5.41) is 22.1. The maximum absolute atomic E-state index is 11.7. The predicted molar refractivity (Wildman–Crippen MR) is 70.3 cm³/mol. The first-order valence-electron chi connectivity index (χ1n) is 5.69. The second-order valence-electron chi connectivity index (χ2n) is 4.86. The summed E-state index contributed by atoms with van der Waals surface area (Å²) >= 11 is 5.74. The van der Waals surface area contributed by atoms with Gasteiger partial charge in [-0.2, -0.15) is 0 Å². The van der Waals surface area contributed by atoms with E-state index in [4.69, 9.17) is 16.7 Å². The Bertz CT molecular complexity index is 403. The molecule has 0 heterocycles. The van der Waals surface area contributed by atoms with Gasteiger partial charge in [0.2, 0.25) is 5.91 Å². The van der Waals surface area contributed by atoms with Crippen LogP contribution in [0.15, 0.2) is 24.3 Å². The van der Waals surface area contributed by atoms with E-state index in [-0.39, 0.29) is 18.9 Å². The maximum atomic E-state index is 11.7. The Labute approximate surface area is 112 Å². The zero-order chi connectivity index (χ0) is 13.8. The Morgan fingerprint density at radius 1 is 1.39 bits per heavy atom. The molecule has 1 aromatic rings. The smallest absolute Gasteiger partial charge is 0.223 e. The topological polar surface area (TPSA) is 69.6 Å². The molecule has 0 aliphatic carbocycles. The number of aliphatic hydroxyl groups is 2. The number of benzene rings is 1. The second kappa shape index (κ2) is 6.18. The summed E-state index contributed by atoms with van der Waals surface area (Å²) in [5.74, 6) is -0.309. The molecule has 1 unspecified atom stereocenters. The van der Waals surface area contributed by atoms with Crippen molar-refractivity contribution < 1.29 is 15.0 Å². The van der Waals surface area contributed by atoms with Crippen LogP contribution in [0.1, 0.15) is 31.9 Å². The fourth-order valence-corrected chi connectivity index (χ4v) is 1.57. The molecule has 1 amide bonds. The van der Waals surface area contributed by atoms with Crippen molar-refractivity contribution in [2.75, 3.05) is 6.61 Å². The highest BCUT2D eigenvalue weighted by Crippen LogP contribution is 2.19. The van der Waals surface area contributed by atoms with Crippen LogP contribution in [0.25, 0.3) is 0 Å². The molecule has 0 aliphatic rings. The van der Waals surface area contributed by atoms with Crippen molar-refractivity contribution in [1.29, 1.82) is 0 Å². The van der Waals surface area contributed by atoms with E-state index in [1.54, 1.807) is 38.1 Å². The quantitative estimate of drug-likeness (QED) is 0.763. The van der Waals surface area contributed by atoms with E-state index in [1.165, 1.54) is 0 Å². The lowest BCUT2D eigenvalue weighted by Gasteiger charge is -2.24. The van der Waals surface area contributed by atoms with Gasteiger partial charge < -0.3 is 15.5 Å². The minimum Gasteiger partial charge on any atom is -0.394 e. The molecule has 0 aliphatic heterocycles. The lowest BCUT2D eigenvalue weighted by Crippen LogP contribution is -2.46. The van der Waals surface area contributed by atoms with Gasteiger partial charge in [0, 0.05) is 5.02 Å². The standard InChI is InChI=1S/C13H18ClNO3/c1-13(2,8-16)15-12(18)7-11(17)9-3-5-10(14)6-4-9/h3-6,11,16-17H,7-8H2,1-2H3,(H,15,18). The van der Waals surface area contributed by atoms with E-state index in [0.29, 0.717) is 10.6 Å². The molecule has 1 rings (SSSR count). The molecule has 0 aromatic heterocycles. The normalized spacial score (nSPS) is 13.2. The summed E-state index contributed by atoms with van der Waals surface area (Å²) in [4.78, 5) is 11.7. The fourth-order valence-electron chi connectivity index (χ4n) is 1.45. The highest BCUT2D eigenvalue weighted by molar-refractivity contribution is 6.30. The van der Waals surface area contributed by atoms with Crippen LogP contribution >= 0.6 is 11.6 Å². The minimum atomic E-state index is -0.878. The van der Waals surface area contributed by atoms with E-state index in [9.17, 15) is 9.90 Å². The number of amides is 1. The molecule has 0 saturated carbocycles. The molecule has 0 radical (unpaired) electrons. The van der Waals surface area contributed by atoms with E-state index in [1.807, 2.05) is 0 Å². The van der Waals surface area contributed by atoms with Gasteiger partial charge in [-0.25, -0.2) is 0 Å². The molecule has 0 spiro atoms. The Hall–Kier alpha value is -1.10. The number of hydrogen-bond acceptors (Lipinski definition) is 3. The third-order valence-electron chi connectivity index (χ3n) is 2.51. The zero-order valence-corrected chi connectivity index (χ0v) is 11.2. The average Bonchev–Trinajstić information content (AvgIpc) is 2.29. The first kappa shape index (κ1) is 15.0. The molecule has 100 valence electrons. The van der Waals surface area contributed by atoms with Crippen molar-refractivity contribution in [2.45, 2.75) is 31.9 Å². The van der Waals surface area contributed by atoms with Gasteiger partial charge in [-0.15, -0.1) is 0 Å². The van der Waals surface area contributed by atoms with E-state index >= 15 is 0 Å². The van der Waals surface area contributed by atoms with E-state index in [0.717, 1.165) is 0 Å². The summed E-state index contributed by atoms with van der Waals surface area (Å²) in [7, 11) is 0. The SMILES string of the molecule is CC(C)(CO)NC(=O)CC(O)c1ccc(Cl)cc1. The van der Waals surface area contributed by atoms with Crippen molar-refractivity contribution in [1.82, 2.24) is 5.32 Å². The Morgan fingerprint density at radius 2 is 1.94 bits per heavy atom. The van der Waals surface area contributed by atoms with Crippen molar-refractivity contribution in [3.8, 4) is 0 Å². The van der Waals surface area contributed by atoms with E-state index in [2.05, 4.69) is 5.32 Å². The summed E-state index contributed by atoms with van der Waals surface area (Å²) in [5.41, 5.74) is -0.0482. The number of carbonyl (C=O) groups is 1. The molecular weight excluding hydrogens is 254 g/mol. The number of rotatable bonds is 5. The van der Waals surface area contributed by atoms with Gasteiger partial charge in [-0.3, -0.25) is 4.79 Å². The molecule has 0 saturated heterocycles. The average molecular weight is 272 g/mol. The third-order valence-corrected chi connectivity index (χ3v) is 2.76. The fraction of sp³-hybridized carbons (Fsp3) is 0.462. The number of halogens is 1. The van der Waals surface area contributed by atoms with Gasteiger partial charge in [-0.05, 0) is 31.5 Å². The van der Waals surface area contributed by atoms with E-state index < -0.39 is 11.6 Å². The Kier molecular flexibility index (Phi) is 5.14. The monoisotopic (exact) mass is 271 g/mol. The summed E-state index contributed by atoms with van der Waals surface area (Å²) in [6.45, 7) is 3.26. The molecule has 1 atom stereocenters. The van der Waals surface area contributed by atoms with Crippen LogP contribution in [0, 0.1) is 0 Å². The van der Waals surface area contributed by atoms with Crippen LogP contribution in [-0.2, 0) is 4.79 Å². The molecule has 1 aromatic carbocycles. The van der Waals surface area contributed by atoms with Crippen LogP contribution in [0.2, 0.25) is 5.02 Å². The number of carbonyl (C=O) groups excluding carboxylic acids is 1. The molecule has 5 heteroatoms. The predicted octanol–water partition coefficient (Wildman–Crippen LogP) is 1.65. The van der Waals surface area contributed by atoms with Crippen molar-refractivity contribution in [3.05, 3.63) is 34.9 Å². The molecule has 4 nitrogen and oxygen atoms in total. The lowest BCUT2D eigenvalue weighted by atomic mass is 10.0. The largest absolute Gasteiger partial charge is 0.394 e. The highest BCUT2D eigenvalue weighted by Gasteiger charge is 2.21.